The van der Waals surface area contributed by atoms with E-state index in [9.17, 15) is 13.6 Å². The van der Waals surface area contributed by atoms with Crippen molar-refractivity contribution < 1.29 is 18.3 Å². The van der Waals surface area contributed by atoms with Crippen molar-refractivity contribution in [2.24, 2.45) is 5.73 Å². The van der Waals surface area contributed by atoms with Gasteiger partial charge in [-0.15, -0.1) is 0 Å². The topological polar surface area (TPSA) is 55.6 Å². The molecule has 1 aromatic rings. The lowest BCUT2D eigenvalue weighted by molar-refractivity contribution is 0.0186. The molecule has 4 nitrogen and oxygen atoms in total. The Morgan fingerprint density at radius 2 is 2.00 bits per heavy atom. The molecule has 1 heterocycles. The number of carbonyl (C=O) groups excluding carboxylic acids is 1. The first kappa shape index (κ1) is 16.7. The van der Waals surface area contributed by atoms with Gasteiger partial charge in [0, 0.05) is 25.0 Å². The lowest BCUT2D eigenvalue weighted by Gasteiger charge is -2.37. The molecule has 1 fully saturated rings. The lowest BCUT2D eigenvalue weighted by Crippen LogP contribution is -2.50. The number of likely N-dealkylation sites (tertiary alicyclic amines) is 1. The molecule has 0 radical (unpaired) electrons. The van der Waals surface area contributed by atoms with E-state index in [2.05, 4.69) is 0 Å². The maximum atomic E-state index is 13.4. The van der Waals surface area contributed by atoms with E-state index in [1.165, 1.54) is 6.07 Å². The molecule has 22 heavy (non-hydrogen) atoms. The number of hydrogen-bond donors (Lipinski definition) is 1. The van der Waals surface area contributed by atoms with Gasteiger partial charge in [-0.2, -0.15) is 0 Å². The molecule has 2 rings (SSSR count). The summed E-state index contributed by atoms with van der Waals surface area (Å²) < 4.78 is 31.7. The maximum Gasteiger partial charge on any atom is 0.410 e. The molecule has 0 saturated carbocycles. The molecule has 122 valence electrons. The predicted molar refractivity (Wildman–Crippen MR) is 79.5 cm³/mol. The number of nitrogens with zero attached hydrogens (tertiary/aromatic N) is 1. The summed E-state index contributed by atoms with van der Waals surface area (Å²) >= 11 is 0. The molecule has 1 saturated heterocycles. The first-order valence-electron chi connectivity index (χ1n) is 7.36. The Hall–Kier alpha value is -1.69. The highest BCUT2D eigenvalue weighted by Gasteiger charge is 2.32. The number of nitrogens with two attached hydrogens (primary N) is 1. The largest absolute Gasteiger partial charge is 0.444 e. The Bertz CT molecular complexity index is 558. The van der Waals surface area contributed by atoms with E-state index in [1.54, 1.807) is 31.7 Å². The lowest BCUT2D eigenvalue weighted by atomic mass is 9.86. The number of amides is 1. The fourth-order valence-corrected chi connectivity index (χ4v) is 2.63. The Morgan fingerprint density at radius 3 is 2.55 bits per heavy atom. The average molecular weight is 312 g/mol. The van der Waals surface area contributed by atoms with Crippen LogP contribution in [0.2, 0.25) is 0 Å². The number of ether oxygens (including phenoxy) is 1. The van der Waals surface area contributed by atoms with Gasteiger partial charge >= 0.3 is 6.09 Å². The van der Waals surface area contributed by atoms with E-state index in [0.29, 0.717) is 25.1 Å². The summed E-state index contributed by atoms with van der Waals surface area (Å²) in [6.07, 6.45) is 0.192. The van der Waals surface area contributed by atoms with Crippen molar-refractivity contribution >= 4 is 6.09 Å². The van der Waals surface area contributed by atoms with E-state index >= 15 is 0 Å². The SMILES string of the molecule is CC(C)(C)OC(=O)N1CC[C@H](c2ccc(F)c(F)c2)[C@@H](N)C1. The van der Waals surface area contributed by atoms with Crippen LogP contribution in [-0.4, -0.2) is 35.7 Å². The third kappa shape index (κ3) is 3.94. The van der Waals surface area contributed by atoms with Gasteiger partial charge in [-0.05, 0) is 44.9 Å². The van der Waals surface area contributed by atoms with E-state index in [1.807, 2.05) is 0 Å². The van der Waals surface area contributed by atoms with Crippen molar-refractivity contribution in [1.82, 2.24) is 4.90 Å². The number of halogens is 2. The maximum absolute atomic E-state index is 13.4. The fraction of sp³-hybridized carbons (Fsp3) is 0.562. The molecule has 1 aliphatic heterocycles. The van der Waals surface area contributed by atoms with E-state index in [4.69, 9.17) is 10.5 Å². The summed E-state index contributed by atoms with van der Waals surface area (Å²) in [4.78, 5) is 13.6. The summed E-state index contributed by atoms with van der Waals surface area (Å²) in [5.74, 6) is -1.85. The summed E-state index contributed by atoms with van der Waals surface area (Å²) in [5.41, 5.74) is 6.23. The minimum absolute atomic E-state index is 0.103. The highest BCUT2D eigenvalue weighted by atomic mass is 19.2. The highest BCUT2D eigenvalue weighted by Crippen LogP contribution is 2.29. The van der Waals surface area contributed by atoms with Crippen LogP contribution in [0.1, 0.15) is 38.7 Å². The molecule has 2 atom stereocenters. The van der Waals surface area contributed by atoms with Crippen LogP contribution in [0.3, 0.4) is 0 Å². The zero-order valence-corrected chi connectivity index (χ0v) is 13.1. The average Bonchev–Trinajstić information content (AvgIpc) is 2.40. The number of rotatable bonds is 1. The van der Waals surface area contributed by atoms with Crippen molar-refractivity contribution in [3.8, 4) is 0 Å². The number of benzene rings is 1. The Morgan fingerprint density at radius 1 is 1.32 bits per heavy atom. The van der Waals surface area contributed by atoms with Gasteiger partial charge in [0.05, 0.1) is 0 Å². The summed E-state index contributed by atoms with van der Waals surface area (Å²) in [6.45, 7) is 6.22. The van der Waals surface area contributed by atoms with Crippen molar-refractivity contribution in [2.45, 2.75) is 44.8 Å². The highest BCUT2D eigenvalue weighted by molar-refractivity contribution is 5.68. The first-order valence-corrected chi connectivity index (χ1v) is 7.36. The van der Waals surface area contributed by atoms with Crippen molar-refractivity contribution in [3.63, 3.8) is 0 Å². The van der Waals surface area contributed by atoms with Gasteiger partial charge in [-0.3, -0.25) is 0 Å². The van der Waals surface area contributed by atoms with Crippen LogP contribution >= 0.6 is 0 Å². The first-order chi connectivity index (χ1) is 10.2. The van der Waals surface area contributed by atoms with E-state index in [0.717, 1.165) is 6.07 Å². The molecule has 6 heteroatoms. The standard InChI is InChI=1S/C16H22F2N2O2/c1-16(2,3)22-15(21)20-7-6-11(14(19)9-20)10-4-5-12(17)13(18)8-10/h4-5,8,11,14H,6-7,9,19H2,1-3H3/t11-,14+/m1/s1. The molecular formula is C16H22F2N2O2. The van der Waals surface area contributed by atoms with Gasteiger partial charge in [-0.1, -0.05) is 6.07 Å². The van der Waals surface area contributed by atoms with Crippen LogP contribution in [-0.2, 0) is 4.74 Å². The third-order valence-corrected chi connectivity index (χ3v) is 3.68. The minimum atomic E-state index is -0.876. The predicted octanol–water partition coefficient (Wildman–Crippen LogP) is 3.02. The smallest absolute Gasteiger partial charge is 0.410 e. The third-order valence-electron chi connectivity index (χ3n) is 3.68. The number of hydrogen-bond acceptors (Lipinski definition) is 3. The second kappa shape index (κ2) is 6.20. The molecule has 1 aromatic carbocycles. The second-order valence-corrected chi connectivity index (χ2v) is 6.66. The Balaban J connectivity index is 2.03. The minimum Gasteiger partial charge on any atom is -0.444 e. The van der Waals surface area contributed by atoms with E-state index < -0.39 is 23.3 Å². The molecular weight excluding hydrogens is 290 g/mol. The van der Waals surface area contributed by atoms with Gasteiger partial charge in [0.2, 0.25) is 0 Å². The Kier molecular flexibility index (Phi) is 4.70. The van der Waals surface area contributed by atoms with Gasteiger partial charge in [0.25, 0.3) is 0 Å². The molecule has 1 amide bonds. The van der Waals surface area contributed by atoms with Gasteiger partial charge < -0.3 is 15.4 Å². The zero-order valence-electron chi connectivity index (χ0n) is 13.1. The van der Waals surface area contributed by atoms with E-state index in [-0.39, 0.29) is 12.0 Å². The second-order valence-electron chi connectivity index (χ2n) is 6.66. The quantitative estimate of drug-likeness (QED) is 0.867. The van der Waals surface area contributed by atoms with Gasteiger partial charge in [-0.25, -0.2) is 13.6 Å². The molecule has 0 aromatic heterocycles. The van der Waals surface area contributed by atoms with Crippen LogP contribution < -0.4 is 5.73 Å². The summed E-state index contributed by atoms with van der Waals surface area (Å²) in [6, 6.07) is 3.50. The van der Waals surface area contributed by atoms with Crippen molar-refractivity contribution in [1.29, 1.82) is 0 Å². The summed E-state index contributed by atoms with van der Waals surface area (Å²) in [5, 5.41) is 0. The van der Waals surface area contributed by atoms with Gasteiger partial charge in [0.15, 0.2) is 11.6 Å². The van der Waals surface area contributed by atoms with Crippen LogP contribution in [0.5, 0.6) is 0 Å². The molecule has 0 aliphatic carbocycles. The number of carbonyl (C=O) groups is 1. The molecule has 2 N–H and O–H groups in total. The molecule has 0 unspecified atom stereocenters. The summed E-state index contributed by atoms with van der Waals surface area (Å²) in [7, 11) is 0. The van der Waals surface area contributed by atoms with Crippen LogP contribution in [0.15, 0.2) is 18.2 Å². The number of piperidine rings is 1. The molecule has 1 aliphatic rings. The van der Waals surface area contributed by atoms with Gasteiger partial charge in [0.1, 0.15) is 5.60 Å². The van der Waals surface area contributed by atoms with Crippen LogP contribution in [0.4, 0.5) is 13.6 Å². The van der Waals surface area contributed by atoms with Crippen LogP contribution in [0, 0.1) is 11.6 Å². The van der Waals surface area contributed by atoms with Crippen molar-refractivity contribution in [2.75, 3.05) is 13.1 Å². The molecule has 0 bridgehead atoms. The fourth-order valence-electron chi connectivity index (χ4n) is 2.63. The normalized spacial score (nSPS) is 22.5. The van der Waals surface area contributed by atoms with Crippen LogP contribution in [0.25, 0.3) is 0 Å². The van der Waals surface area contributed by atoms with Crippen molar-refractivity contribution in [3.05, 3.63) is 35.4 Å². The monoisotopic (exact) mass is 312 g/mol. The Labute approximate surface area is 129 Å². The zero-order chi connectivity index (χ0) is 16.5. The molecule has 0 spiro atoms.